The highest BCUT2D eigenvalue weighted by molar-refractivity contribution is 6.31. The molecule has 1 N–H and O–H groups in total. The van der Waals surface area contributed by atoms with E-state index in [1.165, 1.54) is 0 Å². The molecule has 0 saturated carbocycles. The van der Waals surface area contributed by atoms with Crippen LogP contribution in [0.2, 0.25) is 5.02 Å². The van der Waals surface area contributed by atoms with Gasteiger partial charge in [-0.1, -0.05) is 16.8 Å². The van der Waals surface area contributed by atoms with Crippen molar-refractivity contribution in [3.05, 3.63) is 52.8 Å². The van der Waals surface area contributed by atoms with Gasteiger partial charge in [0.1, 0.15) is 16.7 Å². The van der Waals surface area contributed by atoms with Crippen molar-refractivity contribution in [2.24, 2.45) is 5.16 Å². The van der Waals surface area contributed by atoms with Crippen LogP contribution < -0.4 is 14.8 Å². The molecule has 3 aromatic rings. The molecule has 0 spiro atoms. The molecule has 0 radical (unpaired) electrons. The maximum atomic E-state index is 9.28. The fraction of sp³-hybridized carbons (Fsp3) is 0.118. The van der Waals surface area contributed by atoms with Gasteiger partial charge in [-0.2, -0.15) is 0 Å². The molecule has 0 amide bonds. The zero-order chi connectivity index (χ0) is 16.4. The van der Waals surface area contributed by atoms with Crippen LogP contribution >= 0.6 is 11.6 Å². The van der Waals surface area contributed by atoms with E-state index in [4.69, 9.17) is 25.5 Å². The number of nitrogens with zero attached hydrogens (tertiary/aromatic N) is 1. The predicted octanol–water partition coefficient (Wildman–Crippen LogP) is 4.06. The largest absolute Gasteiger partial charge is 0.493 e. The second kappa shape index (κ2) is 6.22. The number of halogens is 1. The van der Waals surface area contributed by atoms with E-state index in [1.54, 1.807) is 50.6 Å². The molecule has 118 valence electrons. The molecule has 3 rings (SSSR count). The Hall–Kier alpha value is -2.66. The van der Waals surface area contributed by atoms with E-state index < -0.39 is 0 Å². The summed E-state index contributed by atoms with van der Waals surface area (Å²) in [6.07, 6.45) is 0. The van der Waals surface area contributed by atoms with Crippen LogP contribution in [-0.2, 0) is 0 Å². The summed E-state index contributed by atoms with van der Waals surface area (Å²) in [5.74, 6) is 1.74. The fourth-order valence-corrected chi connectivity index (χ4v) is 2.53. The molecule has 2 aromatic carbocycles. The van der Waals surface area contributed by atoms with Gasteiger partial charge in [-0.15, -0.1) is 0 Å². The Kier molecular flexibility index (Phi) is 4.12. The van der Waals surface area contributed by atoms with Crippen LogP contribution in [0.4, 0.5) is 0 Å². The van der Waals surface area contributed by atoms with Crippen molar-refractivity contribution in [3.8, 4) is 22.8 Å². The first kappa shape index (κ1) is 15.2. The summed E-state index contributed by atoms with van der Waals surface area (Å²) in [6, 6.07) is 12.2. The minimum atomic E-state index is 0.374. The zero-order valence-corrected chi connectivity index (χ0v) is 13.3. The monoisotopic (exact) mass is 331 g/mol. The van der Waals surface area contributed by atoms with Crippen LogP contribution in [-0.4, -0.2) is 19.4 Å². The Balaban J connectivity index is 2.23. The first-order valence-electron chi connectivity index (χ1n) is 6.80. The van der Waals surface area contributed by atoms with Crippen molar-refractivity contribution >= 4 is 22.6 Å². The first-order chi connectivity index (χ1) is 11.2. The van der Waals surface area contributed by atoms with Crippen molar-refractivity contribution in [1.82, 2.24) is 0 Å². The topological polar surface area (TPSA) is 64.2 Å². The number of rotatable bonds is 3. The van der Waals surface area contributed by atoms with Gasteiger partial charge in [0.2, 0.25) is 0 Å². The number of fused-ring (bicyclic) bond motifs is 1. The van der Waals surface area contributed by atoms with Gasteiger partial charge in [-0.25, -0.2) is 0 Å². The molecule has 1 aromatic heterocycles. The van der Waals surface area contributed by atoms with Gasteiger partial charge in [0.15, 0.2) is 11.5 Å². The summed E-state index contributed by atoms with van der Waals surface area (Å²) in [6.45, 7) is 0. The highest BCUT2D eigenvalue weighted by Crippen LogP contribution is 2.32. The van der Waals surface area contributed by atoms with E-state index in [0.717, 1.165) is 5.56 Å². The smallest absolute Gasteiger partial charge is 0.161 e. The lowest BCUT2D eigenvalue weighted by Gasteiger charge is -2.10. The van der Waals surface area contributed by atoms with E-state index in [1.807, 2.05) is 6.07 Å². The third-order valence-electron chi connectivity index (χ3n) is 3.48. The fourth-order valence-electron chi connectivity index (χ4n) is 2.36. The van der Waals surface area contributed by atoms with Crippen LogP contribution in [0, 0.1) is 0 Å². The van der Waals surface area contributed by atoms with Crippen molar-refractivity contribution in [2.45, 2.75) is 0 Å². The molecule has 0 bridgehead atoms. The molecular formula is C17H14ClNO4. The molecule has 0 unspecified atom stereocenters. The van der Waals surface area contributed by atoms with Crippen molar-refractivity contribution in [1.29, 1.82) is 0 Å². The van der Waals surface area contributed by atoms with Gasteiger partial charge in [0, 0.05) is 22.0 Å². The summed E-state index contributed by atoms with van der Waals surface area (Å²) < 4.78 is 16.4. The minimum absolute atomic E-state index is 0.374. The quantitative estimate of drug-likeness (QED) is 0.580. The summed E-state index contributed by atoms with van der Waals surface area (Å²) in [5, 5.41) is 14.1. The number of hydrogen-bond acceptors (Lipinski definition) is 5. The second-order valence-corrected chi connectivity index (χ2v) is 5.24. The average molecular weight is 332 g/mol. The third kappa shape index (κ3) is 2.83. The van der Waals surface area contributed by atoms with Gasteiger partial charge in [-0.05, 0) is 36.4 Å². The molecular weight excluding hydrogens is 318 g/mol. The van der Waals surface area contributed by atoms with Gasteiger partial charge in [0.05, 0.1) is 14.2 Å². The van der Waals surface area contributed by atoms with Crippen LogP contribution in [0.15, 0.2) is 52.0 Å². The molecule has 5 nitrogen and oxygen atoms in total. The lowest BCUT2D eigenvalue weighted by atomic mass is 10.1. The second-order valence-electron chi connectivity index (χ2n) is 4.81. The number of benzene rings is 2. The molecule has 0 atom stereocenters. The maximum Gasteiger partial charge on any atom is 0.161 e. The molecule has 0 saturated heterocycles. The maximum absolute atomic E-state index is 9.28. The van der Waals surface area contributed by atoms with Crippen LogP contribution in [0.3, 0.4) is 0 Å². The molecule has 23 heavy (non-hydrogen) atoms. The molecule has 0 aliphatic carbocycles. The highest BCUT2D eigenvalue weighted by atomic mass is 35.5. The molecule has 0 aliphatic heterocycles. The van der Waals surface area contributed by atoms with Gasteiger partial charge >= 0.3 is 0 Å². The third-order valence-corrected chi connectivity index (χ3v) is 3.72. The predicted molar refractivity (Wildman–Crippen MR) is 87.1 cm³/mol. The van der Waals surface area contributed by atoms with E-state index in [-0.39, 0.29) is 0 Å². The van der Waals surface area contributed by atoms with E-state index in [0.29, 0.717) is 38.6 Å². The lowest BCUT2D eigenvalue weighted by molar-refractivity contribution is 0.302. The lowest BCUT2D eigenvalue weighted by Crippen LogP contribution is -2.03. The highest BCUT2D eigenvalue weighted by Gasteiger charge is 2.10. The van der Waals surface area contributed by atoms with E-state index >= 15 is 0 Å². The van der Waals surface area contributed by atoms with E-state index in [9.17, 15) is 5.21 Å². The van der Waals surface area contributed by atoms with Gasteiger partial charge in [0.25, 0.3) is 0 Å². The molecule has 0 aliphatic rings. The van der Waals surface area contributed by atoms with E-state index in [2.05, 4.69) is 5.16 Å². The SMILES string of the molecule is COc1ccc(-c2c/c(=N/O)c3cc(Cl)ccc3o2)cc1OC. The summed E-state index contributed by atoms with van der Waals surface area (Å²) in [7, 11) is 3.14. The summed E-state index contributed by atoms with van der Waals surface area (Å²) in [5.41, 5.74) is 1.33. The minimum Gasteiger partial charge on any atom is -0.493 e. The molecule has 6 heteroatoms. The van der Waals surface area contributed by atoms with Crippen molar-refractivity contribution < 1.29 is 19.1 Å². The Bertz CT molecular complexity index is 934. The van der Waals surface area contributed by atoms with Gasteiger partial charge < -0.3 is 19.1 Å². The van der Waals surface area contributed by atoms with Gasteiger partial charge in [-0.3, -0.25) is 0 Å². The molecule has 1 heterocycles. The Morgan fingerprint density at radius 3 is 2.48 bits per heavy atom. The summed E-state index contributed by atoms with van der Waals surface area (Å²) >= 11 is 5.98. The average Bonchev–Trinajstić information content (AvgIpc) is 2.60. The zero-order valence-electron chi connectivity index (χ0n) is 12.5. The van der Waals surface area contributed by atoms with Crippen LogP contribution in [0.5, 0.6) is 11.5 Å². The normalized spacial score (nSPS) is 11.7. The van der Waals surface area contributed by atoms with Crippen LogP contribution in [0.1, 0.15) is 0 Å². The number of ether oxygens (including phenoxy) is 2. The first-order valence-corrected chi connectivity index (χ1v) is 7.18. The van der Waals surface area contributed by atoms with Crippen molar-refractivity contribution in [2.75, 3.05) is 14.2 Å². The molecule has 0 fully saturated rings. The number of methoxy groups -OCH3 is 2. The Morgan fingerprint density at radius 2 is 1.78 bits per heavy atom. The standard InChI is InChI=1S/C17H14ClNO4/c1-21-15-5-3-10(7-17(15)22-2)16-9-13(19-20)12-8-11(18)4-6-14(12)23-16/h3-9,20H,1-2H3/b19-13-. The number of hydrogen-bond donors (Lipinski definition) is 1. The van der Waals surface area contributed by atoms with Crippen molar-refractivity contribution in [3.63, 3.8) is 0 Å². The Labute approximate surface area is 137 Å². The summed E-state index contributed by atoms with van der Waals surface area (Å²) in [4.78, 5) is 0. The Morgan fingerprint density at radius 1 is 1.00 bits per heavy atom. The van der Waals surface area contributed by atoms with Crippen LogP contribution in [0.25, 0.3) is 22.3 Å².